The largest absolute Gasteiger partial charge is 0.342 e. The SMILES string of the molecule is Cn1ccc(-c2ccc(-c3ccc(C4=NC5(CC5)C(=O)N4CC4CN(C(=O)C5CC5)C4)c(F)c3)cc2)n1. The monoisotopic (exact) mass is 497 g/mol. The predicted molar refractivity (Wildman–Crippen MR) is 137 cm³/mol. The Hall–Kier alpha value is -3.81. The van der Waals surface area contributed by atoms with Gasteiger partial charge < -0.3 is 4.90 Å². The van der Waals surface area contributed by atoms with Crippen molar-refractivity contribution in [3.05, 3.63) is 66.1 Å². The number of carbonyl (C=O) groups excluding carboxylic acids is 2. The third-order valence-corrected chi connectivity index (χ3v) is 8.02. The summed E-state index contributed by atoms with van der Waals surface area (Å²) in [5.41, 5.74) is 3.21. The van der Waals surface area contributed by atoms with Gasteiger partial charge in [-0.15, -0.1) is 0 Å². The number of nitrogens with zero attached hydrogens (tertiary/aromatic N) is 5. The number of carbonyl (C=O) groups is 2. The van der Waals surface area contributed by atoms with Crippen molar-refractivity contribution in [1.29, 1.82) is 0 Å². The van der Waals surface area contributed by atoms with Crippen LogP contribution in [-0.2, 0) is 16.6 Å². The van der Waals surface area contributed by atoms with Crippen LogP contribution in [0.5, 0.6) is 0 Å². The molecule has 37 heavy (non-hydrogen) atoms. The van der Waals surface area contributed by atoms with E-state index in [2.05, 4.69) is 5.10 Å². The summed E-state index contributed by atoms with van der Waals surface area (Å²) < 4.78 is 17.3. The molecule has 8 heteroatoms. The molecule has 2 amide bonds. The average molecular weight is 498 g/mol. The van der Waals surface area contributed by atoms with Crippen LogP contribution < -0.4 is 0 Å². The molecule has 0 atom stereocenters. The van der Waals surface area contributed by atoms with Gasteiger partial charge in [-0.2, -0.15) is 5.10 Å². The van der Waals surface area contributed by atoms with Crippen LogP contribution in [0.1, 0.15) is 31.2 Å². The first-order chi connectivity index (χ1) is 17.9. The number of aliphatic imine (C=N–C) groups is 1. The Morgan fingerprint density at radius 3 is 2.35 bits per heavy atom. The molecule has 2 aliphatic carbocycles. The van der Waals surface area contributed by atoms with E-state index in [0.717, 1.165) is 35.2 Å². The first-order valence-electron chi connectivity index (χ1n) is 13.0. The number of likely N-dealkylation sites (tertiary alicyclic amines) is 1. The van der Waals surface area contributed by atoms with Gasteiger partial charge in [-0.05, 0) is 55.0 Å². The number of hydrogen-bond donors (Lipinski definition) is 0. The minimum absolute atomic E-state index is 0.0249. The maximum absolute atomic E-state index is 15.5. The number of aromatic nitrogens is 2. The molecule has 3 fully saturated rings. The second-order valence-corrected chi connectivity index (χ2v) is 10.9. The predicted octanol–water partition coefficient (Wildman–Crippen LogP) is 3.88. The zero-order chi connectivity index (χ0) is 25.3. The molecule has 0 N–H and O–H groups in total. The molecule has 0 unspecified atom stereocenters. The second-order valence-electron chi connectivity index (χ2n) is 10.9. The highest BCUT2D eigenvalue weighted by Gasteiger charge is 2.58. The number of amides is 2. The number of aryl methyl sites for hydroxylation is 1. The quantitative estimate of drug-likeness (QED) is 0.519. The molecule has 2 saturated carbocycles. The fourth-order valence-electron chi connectivity index (χ4n) is 5.47. The van der Waals surface area contributed by atoms with Gasteiger partial charge in [-0.1, -0.05) is 30.3 Å². The average Bonchev–Trinajstić information content (AvgIpc) is 3.79. The molecule has 2 aliphatic heterocycles. The van der Waals surface area contributed by atoms with Gasteiger partial charge in [0, 0.05) is 50.3 Å². The Labute approximate surface area is 214 Å². The van der Waals surface area contributed by atoms with E-state index in [4.69, 9.17) is 4.99 Å². The van der Waals surface area contributed by atoms with Crippen LogP contribution in [0.25, 0.3) is 22.4 Å². The van der Waals surface area contributed by atoms with Gasteiger partial charge in [0.15, 0.2) is 0 Å². The van der Waals surface area contributed by atoms with E-state index < -0.39 is 5.54 Å². The first-order valence-corrected chi connectivity index (χ1v) is 13.0. The van der Waals surface area contributed by atoms with E-state index in [1.54, 1.807) is 15.6 Å². The summed E-state index contributed by atoms with van der Waals surface area (Å²) in [5, 5.41) is 4.43. The topological polar surface area (TPSA) is 70.8 Å². The molecule has 3 aromatic rings. The van der Waals surface area contributed by atoms with Gasteiger partial charge >= 0.3 is 0 Å². The molecular formula is C29H28FN5O2. The fraction of sp³-hybridized carbons (Fsp3) is 0.379. The minimum Gasteiger partial charge on any atom is -0.342 e. The number of halogens is 1. The van der Waals surface area contributed by atoms with Crippen molar-refractivity contribution in [2.75, 3.05) is 19.6 Å². The standard InChI is InChI=1S/C29H28FN5O2/c1-33-13-10-25(32-33)20-4-2-19(3-5-20)22-8-9-23(24(30)14-22)26-31-29(11-12-29)28(37)35(26)17-18-15-34(16-18)27(36)21-6-7-21/h2-5,8-10,13-14,18,21H,6-7,11-12,15-17H2,1H3. The second kappa shape index (κ2) is 8.10. The van der Waals surface area contributed by atoms with Crippen molar-refractivity contribution in [2.45, 2.75) is 31.2 Å². The van der Waals surface area contributed by atoms with Gasteiger partial charge in [0.25, 0.3) is 5.91 Å². The highest BCUT2D eigenvalue weighted by Crippen LogP contribution is 2.46. The van der Waals surface area contributed by atoms with Gasteiger partial charge in [0.05, 0.1) is 11.3 Å². The molecule has 3 heterocycles. The Morgan fingerprint density at radius 1 is 1.03 bits per heavy atom. The lowest BCUT2D eigenvalue weighted by atomic mass is 9.97. The lowest BCUT2D eigenvalue weighted by molar-refractivity contribution is -0.139. The Balaban J connectivity index is 1.10. The summed E-state index contributed by atoms with van der Waals surface area (Å²) in [6.45, 7) is 1.80. The molecule has 2 aromatic carbocycles. The van der Waals surface area contributed by atoms with Crippen molar-refractivity contribution in [3.63, 3.8) is 0 Å². The van der Waals surface area contributed by atoms with Crippen molar-refractivity contribution < 1.29 is 14.0 Å². The van der Waals surface area contributed by atoms with Crippen molar-refractivity contribution >= 4 is 17.6 Å². The molecule has 7 nitrogen and oxygen atoms in total. The van der Waals surface area contributed by atoms with Crippen LogP contribution in [0, 0.1) is 17.7 Å². The van der Waals surface area contributed by atoms with Gasteiger partial charge in [-0.25, -0.2) is 4.39 Å². The molecule has 1 saturated heterocycles. The summed E-state index contributed by atoms with van der Waals surface area (Å²) in [7, 11) is 1.88. The lowest BCUT2D eigenvalue weighted by Gasteiger charge is -2.41. The third-order valence-electron chi connectivity index (χ3n) is 8.02. The maximum atomic E-state index is 15.5. The zero-order valence-corrected chi connectivity index (χ0v) is 20.7. The molecule has 0 radical (unpaired) electrons. The molecule has 4 aliphatic rings. The fourth-order valence-corrected chi connectivity index (χ4v) is 5.47. The molecular weight excluding hydrogens is 469 g/mol. The minimum atomic E-state index is -0.699. The van der Waals surface area contributed by atoms with E-state index in [1.165, 1.54) is 6.07 Å². The summed E-state index contributed by atoms with van der Waals surface area (Å²) in [5.74, 6) is 0.670. The van der Waals surface area contributed by atoms with E-state index in [1.807, 2.05) is 54.5 Å². The summed E-state index contributed by atoms with van der Waals surface area (Å²) in [4.78, 5) is 33.8. The van der Waals surface area contributed by atoms with Gasteiger partial charge in [-0.3, -0.25) is 24.2 Å². The molecule has 1 spiro atoms. The van der Waals surface area contributed by atoms with Crippen LogP contribution >= 0.6 is 0 Å². The Morgan fingerprint density at radius 2 is 1.73 bits per heavy atom. The van der Waals surface area contributed by atoms with Crippen LogP contribution in [0.4, 0.5) is 4.39 Å². The lowest BCUT2D eigenvalue weighted by Crippen LogP contribution is -2.55. The highest BCUT2D eigenvalue weighted by atomic mass is 19.1. The van der Waals surface area contributed by atoms with Crippen LogP contribution in [0.15, 0.2) is 59.7 Å². The van der Waals surface area contributed by atoms with Crippen LogP contribution in [-0.4, -0.2) is 62.4 Å². The number of amidine groups is 1. The van der Waals surface area contributed by atoms with Crippen LogP contribution in [0.3, 0.4) is 0 Å². The molecule has 1 aromatic heterocycles. The Bertz CT molecular complexity index is 1450. The molecule has 0 bridgehead atoms. The number of benzene rings is 2. The van der Waals surface area contributed by atoms with Crippen molar-refractivity contribution in [2.24, 2.45) is 23.9 Å². The van der Waals surface area contributed by atoms with E-state index in [9.17, 15) is 9.59 Å². The van der Waals surface area contributed by atoms with Crippen molar-refractivity contribution in [3.8, 4) is 22.4 Å². The van der Waals surface area contributed by atoms with Gasteiger partial charge in [0.2, 0.25) is 5.91 Å². The zero-order valence-electron chi connectivity index (χ0n) is 20.7. The smallest absolute Gasteiger partial charge is 0.256 e. The maximum Gasteiger partial charge on any atom is 0.256 e. The molecule has 188 valence electrons. The highest BCUT2D eigenvalue weighted by molar-refractivity contribution is 6.16. The van der Waals surface area contributed by atoms with Crippen LogP contribution in [0.2, 0.25) is 0 Å². The summed E-state index contributed by atoms with van der Waals surface area (Å²) >= 11 is 0. The van der Waals surface area contributed by atoms with Crippen molar-refractivity contribution in [1.82, 2.24) is 19.6 Å². The normalized spacial score (nSPS) is 20.4. The van der Waals surface area contributed by atoms with E-state index >= 15 is 4.39 Å². The number of hydrogen-bond acceptors (Lipinski definition) is 4. The van der Waals surface area contributed by atoms with E-state index in [0.29, 0.717) is 43.9 Å². The summed E-state index contributed by atoms with van der Waals surface area (Å²) in [6.07, 6.45) is 5.31. The van der Waals surface area contributed by atoms with E-state index in [-0.39, 0.29) is 29.5 Å². The molecule has 7 rings (SSSR count). The Kier molecular flexibility index (Phi) is 4.90. The summed E-state index contributed by atoms with van der Waals surface area (Å²) in [6, 6.07) is 15.0. The number of rotatable bonds is 6. The first kappa shape index (κ1) is 22.4. The third kappa shape index (κ3) is 3.86. The van der Waals surface area contributed by atoms with Gasteiger partial charge in [0.1, 0.15) is 17.2 Å².